The summed E-state index contributed by atoms with van der Waals surface area (Å²) >= 11 is 0.735. The van der Waals surface area contributed by atoms with Crippen molar-refractivity contribution in [3.8, 4) is 10.6 Å². The van der Waals surface area contributed by atoms with Crippen LogP contribution in [0.4, 0.5) is 30.5 Å². The molecule has 1 unspecified atom stereocenters. The number of fused-ring (bicyclic) bond motifs is 1. The number of hydrogen-bond donors (Lipinski definition) is 1. The summed E-state index contributed by atoms with van der Waals surface area (Å²) in [6.07, 6.45) is -1.86. The second-order valence-corrected chi connectivity index (χ2v) is 14.5. The molecule has 0 spiro atoms. The van der Waals surface area contributed by atoms with Crippen LogP contribution >= 0.6 is 11.3 Å². The molecule has 2 fully saturated rings. The van der Waals surface area contributed by atoms with Crippen LogP contribution in [0.2, 0.25) is 0 Å². The van der Waals surface area contributed by atoms with Crippen molar-refractivity contribution in [3.05, 3.63) is 46.5 Å². The van der Waals surface area contributed by atoms with E-state index in [1.807, 2.05) is 19.1 Å². The number of likely N-dealkylation sites (N-methyl/N-ethyl adjacent to an activating group) is 1. The van der Waals surface area contributed by atoms with E-state index < -0.39 is 33.2 Å². The molecule has 9 nitrogen and oxygen atoms in total. The van der Waals surface area contributed by atoms with Gasteiger partial charge >= 0.3 is 6.18 Å². The first kappa shape index (κ1) is 29.8. The number of carbonyl (C=O) groups is 1. The molecule has 43 heavy (non-hydrogen) atoms. The minimum atomic E-state index is -4.80. The van der Waals surface area contributed by atoms with Gasteiger partial charge in [0, 0.05) is 55.8 Å². The van der Waals surface area contributed by atoms with Gasteiger partial charge < -0.3 is 20.0 Å². The van der Waals surface area contributed by atoms with Crippen molar-refractivity contribution in [2.45, 2.75) is 56.3 Å². The molecule has 1 saturated carbocycles. The van der Waals surface area contributed by atoms with Gasteiger partial charge in [0.25, 0.3) is 5.91 Å². The van der Waals surface area contributed by atoms with Gasteiger partial charge in [-0.15, -0.1) is 11.3 Å². The number of rotatable bonds is 6. The summed E-state index contributed by atoms with van der Waals surface area (Å²) < 4.78 is 68.5. The highest BCUT2D eigenvalue weighted by Gasteiger charge is 2.41. The molecule has 1 saturated heterocycles. The van der Waals surface area contributed by atoms with E-state index in [0.29, 0.717) is 24.3 Å². The maximum absolute atomic E-state index is 14.1. The van der Waals surface area contributed by atoms with Crippen LogP contribution in [-0.4, -0.2) is 85.2 Å². The van der Waals surface area contributed by atoms with Crippen molar-refractivity contribution in [1.29, 1.82) is 0 Å². The summed E-state index contributed by atoms with van der Waals surface area (Å²) in [6, 6.07) is 7.47. The number of aryl methyl sites for hydroxylation is 1. The van der Waals surface area contributed by atoms with E-state index in [-0.39, 0.29) is 38.9 Å². The number of nitrogens with one attached hydrogen (secondary N) is 1. The van der Waals surface area contributed by atoms with Crippen molar-refractivity contribution >= 4 is 44.4 Å². The Kier molecular flexibility index (Phi) is 7.66. The quantitative estimate of drug-likeness (QED) is 0.402. The first-order valence-electron chi connectivity index (χ1n) is 14.3. The zero-order valence-electron chi connectivity index (χ0n) is 24.1. The number of benzene rings is 1. The normalized spacial score (nSPS) is 21.1. The predicted molar refractivity (Wildman–Crippen MR) is 160 cm³/mol. The molecule has 6 rings (SSSR count). The number of anilines is 3. The van der Waals surface area contributed by atoms with Gasteiger partial charge in [0.2, 0.25) is 5.95 Å². The van der Waals surface area contributed by atoms with Gasteiger partial charge in [-0.05, 0) is 63.1 Å². The van der Waals surface area contributed by atoms with Gasteiger partial charge in [0.15, 0.2) is 9.84 Å². The van der Waals surface area contributed by atoms with Crippen molar-refractivity contribution in [1.82, 2.24) is 19.8 Å². The van der Waals surface area contributed by atoms with Crippen LogP contribution in [-0.2, 0) is 22.4 Å². The number of thiophene rings is 1. The molecule has 2 aliphatic heterocycles. The predicted octanol–water partition coefficient (Wildman–Crippen LogP) is 5.06. The van der Waals surface area contributed by atoms with Crippen molar-refractivity contribution in [2.75, 3.05) is 49.2 Å². The van der Waals surface area contributed by atoms with E-state index in [2.05, 4.69) is 45.1 Å². The van der Waals surface area contributed by atoms with Gasteiger partial charge in [-0.3, -0.25) is 4.79 Å². The highest BCUT2D eigenvalue weighted by Crippen LogP contribution is 2.43. The zero-order valence-corrected chi connectivity index (χ0v) is 25.7. The smallest absolute Gasteiger partial charge is 0.369 e. The standard InChI is InChI=1S/C29H33F3N6O3S2/c1-4-18-13-20(37-10-9-36(3)17(2)16-37)7-8-22(18)34-28-33-15-21(29(30,31)32)25(35-28)23-14-24-26(42-23)27(39)38(19-5-6-19)11-12-43(24,40)41/h7-8,13-15,17,19H,4-6,9-12,16H2,1-3H3,(H,33,34,35). The van der Waals surface area contributed by atoms with E-state index in [0.717, 1.165) is 61.1 Å². The molecule has 4 heterocycles. The third-order valence-corrected chi connectivity index (χ3v) is 11.4. The fourth-order valence-electron chi connectivity index (χ4n) is 5.60. The SMILES string of the molecule is CCc1cc(N2CCN(C)C(C)C2)ccc1Nc1ncc(C(F)(F)F)c(-c2cc3c(s2)C(=O)N(C2CC2)CCS3(=O)=O)n1. The van der Waals surface area contributed by atoms with Crippen molar-refractivity contribution in [2.24, 2.45) is 0 Å². The van der Waals surface area contributed by atoms with E-state index in [1.54, 1.807) is 0 Å². The highest BCUT2D eigenvalue weighted by molar-refractivity contribution is 7.91. The van der Waals surface area contributed by atoms with Gasteiger partial charge in [-0.2, -0.15) is 13.2 Å². The van der Waals surface area contributed by atoms with Crippen LogP contribution < -0.4 is 10.2 Å². The van der Waals surface area contributed by atoms with Crippen LogP contribution in [0, 0.1) is 0 Å². The van der Waals surface area contributed by atoms with Crippen molar-refractivity contribution < 1.29 is 26.4 Å². The molecule has 1 amide bonds. The number of amides is 1. The van der Waals surface area contributed by atoms with E-state index in [4.69, 9.17) is 0 Å². The lowest BCUT2D eigenvalue weighted by Crippen LogP contribution is -2.50. The van der Waals surface area contributed by atoms with Gasteiger partial charge in [0.1, 0.15) is 10.4 Å². The third-order valence-electron chi connectivity index (χ3n) is 8.45. The second kappa shape index (κ2) is 11.0. The molecule has 1 N–H and O–H groups in total. The topological polar surface area (TPSA) is 98.7 Å². The van der Waals surface area contributed by atoms with E-state index in [1.165, 1.54) is 4.90 Å². The fraction of sp³-hybridized carbons (Fsp3) is 0.483. The Balaban J connectivity index is 1.35. The minimum Gasteiger partial charge on any atom is -0.369 e. The monoisotopic (exact) mass is 634 g/mol. The average Bonchev–Trinajstić information content (AvgIpc) is 3.70. The number of alkyl halides is 3. The summed E-state index contributed by atoms with van der Waals surface area (Å²) in [5.41, 5.74) is 1.12. The number of piperazine rings is 1. The number of nitrogens with zero attached hydrogens (tertiary/aromatic N) is 5. The molecule has 1 aliphatic carbocycles. The van der Waals surface area contributed by atoms with E-state index >= 15 is 0 Å². The Bertz CT molecular complexity index is 1670. The second-order valence-electron chi connectivity index (χ2n) is 11.4. The molecule has 3 aromatic rings. The Hall–Kier alpha value is -3.23. The summed E-state index contributed by atoms with van der Waals surface area (Å²) in [4.78, 5) is 27.3. The van der Waals surface area contributed by atoms with Crippen LogP contribution in [0.15, 0.2) is 35.4 Å². The Morgan fingerprint density at radius 3 is 2.58 bits per heavy atom. The van der Waals surface area contributed by atoms with Crippen LogP contribution in [0.5, 0.6) is 0 Å². The Labute approximate surface area is 252 Å². The molecule has 2 aromatic heterocycles. The molecule has 230 valence electrons. The lowest BCUT2D eigenvalue weighted by Gasteiger charge is -2.39. The van der Waals surface area contributed by atoms with Crippen molar-refractivity contribution in [3.63, 3.8) is 0 Å². The minimum absolute atomic E-state index is 0.0291. The first-order chi connectivity index (χ1) is 20.4. The van der Waals surface area contributed by atoms with Crippen LogP contribution in [0.1, 0.15) is 47.5 Å². The molecule has 1 aromatic carbocycles. The molecule has 0 bridgehead atoms. The molecule has 14 heteroatoms. The number of hydrogen-bond acceptors (Lipinski definition) is 9. The highest BCUT2D eigenvalue weighted by atomic mass is 32.2. The summed E-state index contributed by atoms with van der Waals surface area (Å²) in [7, 11) is -1.76. The van der Waals surface area contributed by atoms with Gasteiger partial charge in [0.05, 0.1) is 21.2 Å². The number of sulfone groups is 1. The maximum Gasteiger partial charge on any atom is 0.420 e. The zero-order chi connectivity index (χ0) is 30.7. The number of carbonyl (C=O) groups excluding carboxylic acids is 1. The lowest BCUT2D eigenvalue weighted by atomic mass is 10.1. The maximum atomic E-state index is 14.1. The average molecular weight is 635 g/mol. The summed E-state index contributed by atoms with van der Waals surface area (Å²) in [5.74, 6) is -0.793. The first-order valence-corrected chi connectivity index (χ1v) is 16.8. The summed E-state index contributed by atoms with van der Waals surface area (Å²) in [6.45, 7) is 6.98. The molecule has 1 atom stereocenters. The fourth-order valence-corrected chi connectivity index (χ4v) is 8.52. The Morgan fingerprint density at radius 1 is 1.14 bits per heavy atom. The van der Waals surface area contributed by atoms with Crippen LogP contribution in [0.3, 0.4) is 0 Å². The molecule has 0 radical (unpaired) electrons. The lowest BCUT2D eigenvalue weighted by molar-refractivity contribution is -0.137. The molecular formula is C29H33F3N6O3S2. The van der Waals surface area contributed by atoms with E-state index in [9.17, 15) is 26.4 Å². The largest absolute Gasteiger partial charge is 0.420 e. The number of aromatic nitrogens is 2. The molecule has 3 aliphatic rings. The number of halogens is 3. The Morgan fingerprint density at radius 2 is 1.91 bits per heavy atom. The molecular weight excluding hydrogens is 601 g/mol. The van der Waals surface area contributed by atoms with Gasteiger partial charge in [-0.25, -0.2) is 18.4 Å². The third kappa shape index (κ3) is 5.84. The van der Waals surface area contributed by atoms with Crippen LogP contribution in [0.25, 0.3) is 10.6 Å². The summed E-state index contributed by atoms with van der Waals surface area (Å²) in [5, 5.41) is 3.08. The van der Waals surface area contributed by atoms with Gasteiger partial charge in [-0.1, -0.05) is 6.92 Å².